The molecule has 0 aliphatic rings. The molecule has 0 N–H and O–H groups in total. The molecule has 3 aromatic carbocycles. The predicted molar refractivity (Wildman–Crippen MR) is 155 cm³/mol. The van der Waals surface area contributed by atoms with Gasteiger partial charge in [-0.3, -0.25) is 4.90 Å². The van der Waals surface area contributed by atoms with E-state index in [0.717, 1.165) is 80.1 Å². The van der Waals surface area contributed by atoms with Crippen molar-refractivity contribution in [1.29, 1.82) is 0 Å². The van der Waals surface area contributed by atoms with Gasteiger partial charge in [-0.1, -0.05) is 99.5 Å². The van der Waals surface area contributed by atoms with Crippen molar-refractivity contribution in [2.24, 2.45) is 0 Å². The van der Waals surface area contributed by atoms with Gasteiger partial charge < -0.3 is 9.30 Å². The molecule has 0 fully saturated rings. The Morgan fingerprint density at radius 3 is 2.18 bits per heavy atom. The Morgan fingerprint density at radius 1 is 0.842 bits per heavy atom. The van der Waals surface area contributed by atoms with Crippen LogP contribution in [0.3, 0.4) is 0 Å². The van der Waals surface area contributed by atoms with Gasteiger partial charge in [0, 0.05) is 30.8 Å². The molecule has 0 aliphatic heterocycles. The lowest BCUT2D eigenvalue weighted by atomic mass is 10.1. The predicted octanol–water partition coefficient (Wildman–Crippen LogP) is 7.61. The number of esters is 1. The smallest absolute Gasteiger partial charge is 0.337 e. The summed E-state index contributed by atoms with van der Waals surface area (Å²) in [6.07, 6.45) is 4.43. The lowest BCUT2D eigenvalue weighted by Crippen LogP contribution is -2.26. The van der Waals surface area contributed by atoms with Crippen LogP contribution in [0.25, 0.3) is 22.6 Å². The average Bonchev–Trinajstić information content (AvgIpc) is 3.33. The van der Waals surface area contributed by atoms with Crippen LogP contribution in [-0.4, -0.2) is 34.1 Å². The summed E-state index contributed by atoms with van der Waals surface area (Å²) in [5.41, 5.74) is 6.25. The van der Waals surface area contributed by atoms with Gasteiger partial charge >= 0.3 is 5.97 Å². The number of aromatic nitrogens is 2. The average molecular weight is 510 g/mol. The number of nitrogens with zero attached hydrogens (tertiary/aromatic N) is 3. The minimum absolute atomic E-state index is 0.302. The molecule has 0 amide bonds. The summed E-state index contributed by atoms with van der Waals surface area (Å²) in [6, 6.07) is 28.8. The molecule has 4 rings (SSSR count). The van der Waals surface area contributed by atoms with Gasteiger partial charge in [0.05, 0.1) is 24.1 Å². The molecule has 0 spiro atoms. The van der Waals surface area contributed by atoms with E-state index in [2.05, 4.69) is 90.0 Å². The Labute approximate surface area is 227 Å². The van der Waals surface area contributed by atoms with Crippen molar-refractivity contribution in [2.75, 3.05) is 13.7 Å². The summed E-state index contributed by atoms with van der Waals surface area (Å²) in [7, 11) is 1.43. The Kier molecular flexibility index (Phi) is 9.88. The summed E-state index contributed by atoms with van der Waals surface area (Å²) in [5.74, 6) is 0.722. The third-order valence-electron chi connectivity index (χ3n) is 6.84. The quantitative estimate of drug-likeness (QED) is 0.174. The fourth-order valence-corrected chi connectivity index (χ4v) is 4.82. The number of benzene rings is 3. The van der Waals surface area contributed by atoms with Crippen LogP contribution in [0.2, 0.25) is 0 Å². The van der Waals surface area contributed by atoms with Crippen molar-refractivity contribution >= 4 is 5.97 Å². The fraction of sp³-hybridized carbons (Fsp3) is 0.333. The lowest BCUT2D eigenvalue weighted by Gasteiger charge is -2.24. The minimum atomic E-state index is -0.302. The highest BCUT2D eigenvalue weighted by Gasteiger charge is 2.22. The van der Waals surface area contributed by atoms with Crippen LogP contribution in [0.5, 0.6) is 0 Å². The molecular weight excluding hydrogens is 470 g/mol. The number of imidazole rings is 1. The number of ether oxygens (including phenoxy) is 1. The topological polar surface area (TPSA) is 47.4 Å². The van der Waals surface area contributed by atoms with Crippen LogP contribution in [-0.2, 0) is 24.4 Å². The van der Waals surface area contributed by atoms with Crippen molar-refractivity contribution in [3.8, 4) is 22.6 Å². The first-order valence-electron chi connectivity index (χ1n) is 13.7. The molecule has 5 nitrogen and oxygen atoms in total. The molecule has 1 heterocycles. The number of carbonyl (C=O) groups excluding carboxylic acids is 1. The van der Waals surface area contributed by atoms with E-state index in [1.165, 1.54) is 12.8 Å². The monoisotopic (exact) mass is 509 g/mol. The molecule has 0 radical (unpaired) electrons. The van der Waals surface area contributed by atoms with Gasteiger partial charge in [0.25, 0.3) is 0 Å². The SMILES string of the molecule is CCCCN(Cc1cccc(C(=O)OC)c1)Cc1c(-c2ccccc2)nc(-c2ccccc2)n1CCCC. The van der Waals surface area contributed by atoms with Crippen LogP contribution in [0.4, 0.5) is 0 Å². The molecule has 38 heavy (non-hydrogen) atoms. The van der Waals surface area contributed by atoms with E-state index >= 15 is 0 Å². The van der Waals surface area contributed by atoms with Crippen LogP contribution < -0.4 is 0 Å². The summed E-state index contributed by atoms with van der Waals surface area (Å²) in [5, 5.41) is 0. The van der Waals surface area contributed by atoms with E-state index in [1.54, 1.807) is 0 Å². The molecule has 0 saturated heterocycles. The third-order valence-corrected chi connectivity index (χ3v) is 6.84. The van der Waals surface area contributed by atoms with Gasteiger partial charge in [-0.2, -0.15) is 0 Å². The van der Waals surface area contributed by atoms with Gasteiger partial charge in [-0.25, -0.2) is 9.78 Å². The van der Waals surface area contributed by atoms with Crippen molar-refractivity contribution in [2.45, 2.75) is 59.2 Å². The first kappa shape index (κ1) is 27.3. The zero-order valence-electron chi connectivity index (χ0n) is 22.9. The molecule has 0 unspecified atom stereocenters. The fourth-order valence-electron chi connectivity index (χ4n) is 4.82. The van der Waals surface area contributed by atoms with Gasteiger partial charge in [0.2, 0.25) is 0 Å². The Balaban J connectivity index is 1.77. The lowest BCUT2D eigenvalue weighted by molar-refractivity contribution is 0.0600. The van der Waals surface area contributed by atoms with Crippen molar-refractivity contribution in [1.82, 2.24) is 14.5 Å². The third kappa shape index (κ3) is 6.78. The van der Waals surface area contributed by atoms with E-state index in [4.69, 9.17) is 9.72 Å². The van der Waals surface area contributed by atoms with Crippen molar-refractivity contribution in [3.05, 3.63) is 102 Å². The number of carbonyl (C=O) groups is 1. The standard InChI is InChI=1S/C33H39N3O2/c1-4-6-21-35(24-26-15-14-20-29(23-26)33(37)38-3)25-30-31(27-16-10-8-11-17-27)34-32(36(30)22-7-5-2)28-18-12-9-13-19-28/h8-20,23H,4-7,21-22,24-25H2,1-3H3. The second kappa shape index (κ2) is 13.7. The summed E-state index contributed by atoms with van der Waals surface area (Å²) >= 11 is 0. The van der Waals surface area contributed by atoms with Crippen LogP contribution in [0.15, 0.2) is 84.9 Å². The highest BCUT2D eigenvalue weighted by Crippen LogP contribution is 2.31. The number of hydrogen-bond acceptors (Lipinski definition) is 4. The summed E-state index contributed by atoms with van der Waals surface area (Å²) in [4.78, 5) is 19.9. The molecule has 5 heteroatoms. The van der Waals surface area contributed by atoms with Crippen LogP contribution in [0, 0.1) is 0 Å². The molecule has 0 bridgehead atoms. The van der Waals surface area contributed by atoms with E-state index in [0.29, 0.717) is 5.56 Å². The minimum Gasteiger partial charge on any atom is -0.465 e. The highest BCUT2D eigenvalue weighted by molar-refractivity contribution is 5.89. The zero-order valence-corrected chi connectivity index (χ0v) is 22.9. The van der Waals surface area contributed by atoms with Crippen molar-refractivity contribution in [3.63, 3.8) is 0 Å². The maximum Gasteiger partial charge on any atom is 0.337 e. The maximum absolute atomic E-state index is 12.2. The zero-order chi connectivity index (χ0) is 26.7. The second-order valence-electron chi connectivity index (χ2n) is 9.72. The molecule has 0 saturated carbocycles. The number of hydrogen-bond donors (Lipinski definition) is 0. The van der Waals surface area contributed by atoms with E-state index < -0.39 is 0 Å². The number of unbranched alkanes of at least 4 members (excludes halogenated alkanes) is 2. The van der Waals surface area contributed by atoms with E-state index in [9.17, 15) is 4.79 Å². The van der Waals surface area contributed by atoms with Gasteiger partial charge in [-0.05, 0) is 37.1 Å². The first-order valence-corrected chi connectivity index (χ1v) is 13.7. The molecule has 1 aromatic heterocycles. The Bertz CT molecular complexity index is 1300. The largest absolute Gasteiger partial charge is 0.465 e. The number of rotatable bonds is 13. The summed E-state index contributed by atoms with van der Waals surface area (Å²) in [6.45, 7) is 7.88. The first-order chi connectivity index (χ1) is 18.6. The second-order valence-corrected chi connectivity index (χ2v) is 9.72. The number of methoxy groups -OCH3 is 1. The molecule has 0 aliphatic carbocycles. The van der Waals surface area contributed by atoms with Gasteiger partial charge in [0.15, 0.2) is 0 Å². The Morgan fingerprint density at radius 2 is 1.53 bits per heavy atom. The van der Waals surface area contributed by atoms with E-state index in [-0.39, 0.29) is 5.97 Å². The normalized spacial score (nSPS) is 11.2. The highest BCUT2D eigenvalue weighted by atomic mass is 16.5. The molecule has 0 atom stereocenters. The van der Waals surface area contributed by atoms with Crippen LogP contribution in [0.1, 0.15) is 61.1 Å². The molecule has 198 valence electrons. The van der Waals surface area contributed by atoms with Crippen molar-refractivity contribution < 1.29 is 9.53 Å². The molecule has 4 aromatic rings. The van der Waals surface area contributed by atoms with Gasteiger partial charge in [0.1, 0.15) is 5.82 Å². The molecular formula is C33H39N3O2. The maximum atomic E-state index is 12.2. The Hall–Kier alpha value is -3.70. The van der Waals surface area contributed by atoms with Gasteiger partial charge in [-0.15, -0.1) is 0 Å². The summed E-state index contributed by atoms with van der Waals surface area (Å²) < 4.78 is 7.39. The van der Waals surface area contributed by atoms with E-state index in [1.807, 2.05) is 18.2 Å². The van der Waals surface area contributed by atoms with Crippen LogP contribution >= 0.6 is 0 Å².